The molecule has 0 fully saturated rings. The van der Waals surface area contributed by atoms with Gasteiger partial charge in [-0.3, -0.25) is 4.79 Å². The Morgan fingerprint density at radius 2 is 1.93 bits per heavy atom. The standard InChI is InChI=1S/C17H12F3N6O2/c1-10-8-11(2-7-14(10)16(27)23-25-21)15-22-9-26(24-15)12-3-5-13(6-4-12)28-17(18,19)20/h2-9,21H,1H3/q+1. The minimum atomic E-state index is -4.75. The van der Waals surface area contributed by atoms with Crippen molar-refractivity contribution in [1.29, 1.82) is 5.53 Å². The molecule has 1 amide bonds. The molecular weight excluding hydrogens is 377 g/mol. The Kier molecular flexibility index (Phi) is 5.01. The normalized spacial score (nSPS) is 11.0. The number of ether oxygens (including phenoxy) is 1. The third-order valence-corrected chi connectivity index (χ3v) is 3.68. The van der Waals surface area contributed by atoms with Crippen molar-refractivity contribution in [2.45, 2.75) is 13.3 Å². The number of nitrogens with one attached hydrogen (secondary N) is 1. The number of aromatic nitrogens is 3. The lowest BCUT2D eigenvalue weighted by atomic mass is 10.0. The fourth-order valence-corrected chi connectivity index (χ4v) is 2.46. The number of amides is 1. The molecule has 0 saturated heterocycles. The molecule has 3 rings (SSSR count). The van der Waals surface area contributed by atoms with Crippen molar-refractivity contribution in [3.8, 4) is 22.8 Å². The van der Waals surface area contributed by atoms with Crippen LogP contribution in [0.3, 0.4) is 0 Å². The van der Waals surface area contributed by atoms with Gasteiger partial charge in [0.25, 0.3) is 0 Å². The molecule has 1 N–H and O–H groups in total. The van der Waals surface area contributed by atoms with Gasteiger partial charge >= 0.3 is 12.3 Å². The van der Waals surface area contributed by atoms with E-state index in [9.17, 15) is 18.0 Å². The zero-order chi connectivity index (χ0) is 20.3. The van der Waals surface area contributed by atoms with E-state index in [-0.39, 0.29) is 5.75 Å². The van der Waals surface area contributed by atoms with Gasteiger partial charge in [0.15, 0.2) is 5.82 Å². The molecule has 1 heterocycles. The van der Waals surface area contributed by atoms with E-state index in [2.05, 4.69) is 24.8 Å². The molecule has 28 heavy (non-hydrogen) atoms. The lowest BCUT2D eigenvalue weighted by Crippen LogP contribution is -2.17. The number of carbonyl (C=O) groups is 1. The van der Waals surface area contributed by atoms with E-state index in [1.807, 2.05) is 0 Å². The molecule has 0 aliphatic rings. The minimum Gasteiger partial charge on any atom is -0.406 e. The van der Waals surface area contributed by atoms with Gasteiger partial charge in [-0.1, -0.05) is 6.07 Å². The Labute approximate surface area is 155 Å². The van der Waals surface area contributed by atoms with Gasteiger partial charge in [0.1, 0.15) is 17.6 Å². The van der Waals surface area contributed by atoms with E-state index in [4.69, 9.17) is 5.53 Å². The fourth-order valence-electron chi connectivity index (χ4n) is 2.46. The van der Waals surface area contributed by atoms with E-state index < -0.39 is 12.3 Å². The Hall–Kier alpha value is -3.85. The van der Waals surface area contributed by atoms with Crippen LogP contribution < -0.4 is 9.65 Å². The van der Waals surface area contributed by atoms with Crippen LogP contribution in [0.2, 0.25) is 0 Å². The Morgan fingerprint density at radius 1 is 1.21 bits per heavy atom. The highest BCUT2D eigenvalue weighted by Gasteiger charge is 2.31. The monoisotopic (exact) mass is 389 g/mol. The van der Waals surface area contributed by atoms with E-state index >= 15 is 0 Å². The summed E-state index contributed by atoms with van der Waals surface area (Å²) in [4.78, 5) is 18.6. The lowest BCUT2D eigenvalue weighted by molar-refractivity contribution is -0.274. The molecule has 0 aliphatic carbocycles. The first-order valence-corrected chi connectivity index (χ1v) is 7.77. The molecule has 142 valence electrons. The molecule has 0 aliphatic heterocycles. The summed E-state index contributed by atoms with van der Waals surface area (Å²) in [6, 6.07) is 10.0. The van der Waals surface area contributed by atoms with Crippen molar-refractivity contribution < 1.29 is 22.7 Å². The first-order valence-electron chi connectivity index (χ1n) is 7.77. The summed E-state index contributed by atoms with van der Waals surface area (Å²) >= 11 is 0. The number of halogens is 3. The van der Waals surface area contributed by atoms with Gasteiger partial charge < -0.3 is 4.74 Å². The molecule has 11 heteroatoms. The highest BCUT2D eigenvalue weighted by Crippen LogP contribution is 2.24. The zero-order valence-corrected chi connectivity index (χ0v) is 14.3. The van der Waals surface area contributed by atoms with Crippen LogP contribution in [0.4, 0.5) is 13.2 Å². The third kappa shape index (κ3) is 4.27. The molecule has 2 aromatic carbocycles. The van der Waals surface area contributed by atoms with Crippen molar-refractivity contribution in [2.75, 3.05) is 0 Å². The number of hydrogen-bond donors (Lipinski definition) is 1. The van der Waals surface area contributed by atoms with Crippen molar-refractivity contribution in [2.24, 2.45) is 5.11 Å². The number of nitrogens with zero attached hydrogens (tertiary/aromatic N) is 5. The van der Waals surface area contributed by atoms with Gasteiger partial charge in [-0.15, -0.1) is 18.3 Å². The fraction of sp³-hybridized carbons (Fsp3) is 0.118. The van der Waals surface area contributed by atoms with Crippen LogP contribution in [0.15, 0.2) is 53.9 Å². The molecule has 0 radical (unpaired) electrons. The van der Waals surface area contributed by atoms with Crippen molar-refractivity contribution in [1.82, 2.24) is 19.7 Å². The average Bonchev–Trinajstić information content (AvgIpc) is 3.11. The van der Waals surface area contributed by atoms with E-state index in [1.165, 1.54) is 41.3 Å². The maximum atomic E-state index is 12.2. The molecule has 0 unspecified atom stereocenters. The van der Waals surface area contributed by atoms with Crippen LogP contribution in [0, 0.1) is 12.5 Å². The average molecular weight is 389 g/mol. The van der Waals surface area contributed by atoms with Gasteiger partial charge in [-0.05, 0) is 48.9 Å². The van der Waals surface area contributed by atoms with Gasteiger partial charge in [0.2, 0.25) is 10.0 Å². The summed E-state index contributed by atoms with van der Waals surface area (Å²) < 4.78 is 41.9. The molecule has 0 bridgehead atoms. The lowest BCUT2D eigenvalue weighted by Gasteiger charge is -2.09. The second-order valence-corrected chi connectivity index (χ2v) is 5.59. The van der Waals surface area contributed by atoms with Crippen LogP contribution in [-0.4, -0.2) is 27.0 Å². The number of benzene rings is 2. The Balaban J connectivity index is 1.83. The minimum absolute atomic E-state index is 0.305. The van der Waals surface area contributed by atoms with Gasteiger partial charge in [-0.25, -0.2) is 9.67 Å². The quantitative estimate of drug-likeness (QED) is 0.540. The predicted molar refractivity (Wildman–Crippen MR) is 89.8 cm³/mol. The summed E-state index contributed by atoms with van der Waals surface area (Å²) in [5, 5.41) is 7.46. The number of rotatable bonds is 4. The van der Waals surface area contributed by atoms with Crippen LogP contribution in [0.25, 0.3) is 17.1 Å². The zero-order valence-electron chi connectivity index (χ0n) is 14.3. The van der Waals surface area contributed by atoms with E-state index in [0.717, 1.165) is 0 Å². The predicted octanol–water partition coefficient (Wildman–Crippen LogP) is 3.83. The smallest absolute Gasteiger partial charge is 0.406 e. The largest absolute Gasteiger partial charge is 0.573 e. The van der Waals surface area contributed by atoms with Gasteiger partial charge in [0, 0.05) is 5.56 Å². The van der Waals surface area contributed by atoms with E-state index in [0.29, 0.717) is 28.2 Å². The SMILES string of the molecule is Cc1cc(-c2ncn(-c3ccc(OC(F)(F)F)cc3)n2)ccc1C(=O)N=[N+]=N. The second kappa shape index (κ2) is 7.41. The molecular formula is C17H12F3N6O2+. The topological polar surface area (TPSA) is 107 Å². The van der Waals surface area contributed by atoms with Crippen molar-refractivity contribution in [3.05, 3.63) is 59.9 Å². The van der Waals surface area contributed by atoms with Crippen molar-refractivity contribution >= 4 is 5.91 Å². The van der Waals surface area contributed by atoms with Crippen LogP contribution in [0.5, 0.6) is 5.75 Å². The summed E-state index contributed by atoms with van der Waals surface area (Å²) in [5.41, 5.74) is 8.66. The summed E-state index contributed by atoms with van der Waals surface area (Å²) in [6.07, 6.45) is -3.34. The highest BCUT2D eigenvalue weighted by molar-refractivity contribution is 5.96. The molecule has 0 spiro atoms. The molecule has 3 aromatic rings. The summed E-state index contributed by atoms with van der Waals surface area (Å²) in [7, 11) is 0. The molecule has 1 aromatic heterocycles. The van der Waals surface area contributed by atoms with E-state index in [1.54, 1.807) is 19.1 Å². The third-order valence-electron chi connectivity index (χ3n) is 3.68. The summed E-state index contributed by atoms with van der Waals surface area (Å²) in [6.45, 7) is 1.70. The van der Waals surface area contributed by atoms with Gasteiger partial charge in [-0.2, -0.15) is 0 Å². The number of alkyl halides is 3. The van der Waals surface area contributed by atoms with Crippen molar-refractivity contribution in [3.63, 3.8) is 0 Å². The van der Waals surface area contributed by atoms with Crippen LogP contribution in [0.1, 0.15) is 15.9 Å². The molecule has 0 atom stereocenters. The summed E-state index contributed by atoms with van der Waals surface area (Å²) in [5.74, 6) is -0.601. The first kappa shape index (κ1) is 18.9. The number of carbonyl (C=O) groups excluding carboxylic acids is 1. The van der Waals surface area contributed by atoms with Gasteiger partial charge in [0.05, 0.1) is 11.3 Å². The first-order chi connectivity index (χ1) is 13.3. The Morgan fingerprint density at radius 3 is 2.54 bits per heavy atom. The number of hydrogen-bond acceptors (Lipinski definition) is 5. The second-order valence-electron chi connectivity index (χ2n) is 5.59. The Bertz CT molecular complexity index is 1070. The maximum absolute atomic E-state index is 12.2. The highest BCUT2D eigenvalue weighted by atomic mass is 19.4. The molecule has 0 saturated carbocycles. The van der Waals surface area contributed by atoms with Crippen LogP contribution >= 0.6 is 0 Å². The maximum Gasteiger partial charge on any atom is 0.573 e. The number of aryl methyl sites for hydroxylation is 1. The molecule has 8 nitrogen and oxygen atoms in total. The van der Waals surface area contributed by atoms with Crippen LogP contribution in [-0.2, 0) is 0 Å².